The number of benzene rings is 2. The first-order valence-corrected chi connectivity index (χ1v) is 10.3. The van der Waals surface area contributed by atoms with Crippen molar-refractivity contribution in [3.05, 3.63) is 87.2 Å². The van der Waals surface area contributed by atoms with E-state index in [4.69, 9.17) is 9.26 Å². The third kappa shape index (κ3) is 5.95. The van der Waals surface area contributed by atoms with Gasteiger partial charge in [-0.3, -0.25) is 14.4 Å². The Labute approximate surface area is 190 Å². The van der Waals surface area contributed by atoms with Gasteiger partial charge in [-0.1, -0.05) is 51.1 Å². The zero-order chi connectivity index (χ0) is 24.2. The van der Waals surface area contributed by atoms with Crippen LogP contribution in [0.5, 0.6) is 0 Å². The number of methoxy groups -OCH3 is 1. The molecule has 1 heterocycles. The van der Waals surface area contributed by atoms with Crippen molar-refractivity contribution >= 4 is 17.5 Å². The van der Waals surface area contributed by atoms with Crippen LogP contribution in [0.25, 0.3) is 0 Å². The first kappa shape index (κ1) is 23.9. The van der Waals surface area contributed by atoms with Crippen molar-refractivity contribution in [2.24, 2.45) is 0 Å². The summed E-state index contributed by atoms with van der Waals surface area (Å²) in [6.45, 7) is 6.06. The third-order valence-corrected chi connectivity index (χ3v) is 4.95. The average molecular weight is 455 g/mol. The maximum Gasteiger partial charge on any atom is 0.290 e. The Kier molecular flexibility index (Phi) is 7.13. The van der Waals surface area contributed by atoms with Crippen LogP contribution in [0.4, 0.5) is 10.1 Å². The van der Waals surface area contributed by atoms with Crippen LogP contribution in [-0.2, 0) is 21.6 Å². The van der Waals surface area contributed by atoms with Gasteiger partial charge >= 0.3 is 0 Å². The predicted octanol–water partition coefficient (Wildman–Crippen LogP) is 3.66. The number of rotatable bonds is 7. The third-order valence-electron chi connectivity index (χ3n) is 4.95. The summed E-state index contributed by atoms with van der Waals surface area (Å²) in [6, 6.07) is 11.2. The van der Waals surface area contributed by atoms with Crippen molar-refractivity contribution < 1.29 is 23.2 Å². The second kappa shape index (κ2) is 9.83. The maximum atomic E-state index is 14.6. The van der Waals surface area contributed by atoms with Gasteiger partial charge < -0.3 is 19.9 Å². The van der Waals surface area contributed by atoms with Gasteiger partial charge in [0.05, 0.1) is 12.7 Å². The second-order valence-electron chi connectivity index (χ2n) is 8.59. The van der Waals surface area contributed by atoms with Crippen molar-refractivity contribution in [3.63, 3.8) is 0 Å². The molecule has 0 aliphatic heterocycles. The highest BCUT2D eigenvalue weighted by atomic mass is 19.1. The number of anilines is 1. The normalized spacial score (nSPS) is 12.3. The van der Waals surface area contributed by atoms with Gasteiger partial charge in [0.2, 0.25) is 5.76 Å². The van der Waals surface area contributed by atoms with Crippen molar-refractivity contribution in [1.29, 1.82) is 0 Å². The fourth-order valence-electron chi connectivity index (χ4n) is 3.29. The molecule has 0 aliphatic carbocycles. The molecule has 0 saturated heterocycles. The molecular weight excluding hydrogens is 429 g/mol. The zero-order valence-electron chi connectivity index (χ0n) is 18.8. The number of halogens is 1. The largest absolute Gasteiger partial charge is 0.380 e. The van der Waals surface area contributed by atoms with E-state index >= 15 is 0 Å². The van der Waals surface area contributed by atoms with E-state index in [0.29, 0.717) is 17.7 Å². The first-order valence-electron chi connectivity index (χ1n) is 10.3. The lowest BCUT2D eigenvalue weighted by molar-refractivity contribution is -0.118. The van der Waals surface area contributed by atoms with Gasteiger partial charge in [-0.25, -0.2) is 4.39 Å². The molecule has 1 atom stereocenters. The van der Waals surface area contributed by atoms with E-state index < -0.39 is 34.6 Å². The van der Waals surface area contributed by atoms with E-state index in [9.17, 15) is 18.8 Å². The number of hydrogen-bond donors (Lipinski definition) is 3. The molecule has 8 nitrogen and oxygen atoms in total. The fourth-order valence-corrected chi connectivity index (χ4v) is 3.29. The van der Waals surface area contributed by atoms with E-state index in [0.717, 1.165) is 11.6 Å². The minimum Gasteiger partial charge on any atom is -0.380 e. The van der Waals surface area contributed by atoms with E-state index in [1.807, 2.05) is 25.9 Å². The van der Waals surface area contributed by atoms with Crippen LogP contribution in [-0.4, -0.2) is 24.1 Å². The summed E-state index contributed by atoms with van der Waals surface area (Å²) < 4.78 is 24.5. The van der Waals surface area contributed by atoms with Crippen molar-refractivity contribution in [2.45, 2.75) is 38.8 Å². The topological polar surface area (TPSA) is 113 Å². The van der Waals surface area contributed by atoms with Crippen molar-refractivity contribution in [3.8, 4) is 0 Å². The van der Waals surface area contributed by atoms with Crippen LogP contribution in [0, 0.1) is 5.82 Å². The lowest BCUT2D eigenvalue weighted by atomic mass is 9.86. The van der Waals surface area contributed by atoms with Gasteiger partial charge in [-0.2, -0.15) is 5.16 Å². The Morgan fingerprint density at radius 3 is 2.36 bits per heavy atom. The van der Waals surface area contributed by atoms with E-state index in [-0.39, 0.29) is 11.4 Å². The summed E-state index contributed by atoms with van der Waals surface area (Å²) in [5.41, 5.74) is 1.14. The molecule has 1 aromatic heterocycles. The average Bonchev–Trinajstić information content (AvgIpc) is 3.18. The van der Waals surface area contributed by atoms with Crippen molar-refractivity contribution in [2.75, 3.05) is 12.4 Å². The fraction of sp³-hybridized carbons (Fsp3) is 0.292. The molecule has 3 rings (SSSR count). The number of aromatic amines is 1. The molecule has 0 aliphatic rings. The van der Waals surface area contributed by atoms with Gasteiger partial charge in [0, 0.05) is 12.8 Å². The molecule has 3 N–H and O–H groups in total. The van der Waals surface area contributed by atoms with Crippen LogP contribution < -0.4 is 16.2 Å². The SMILES string of the molecule is COCc1ccc([C@@H](NC(=O)c2cc(=O)[nH]o2)C(=O)Nc2ccc(C(C)(C)C)c(F)c2)cc1. The number of carbonyl (C=O) groups excluding carboxylic acids is 2. The number of hydrogen-bond acceptors (Lipinski definition) is 5. The highest BCUT2D eigenvalue weighted by molar-refractivity contribution is 6.00. The molecule has 0 saturated carbocycles. The molecule has 3 aromatic rings. The summed E-state index contributed by atoms with van der Waals surface area (Å²) in [5, 5.41) is 7.23. The molecular formula is C24H26FN3O5. The van der Waals surface area contributed by atoms with Crippen LogP contribution in [0.3, 0.4) is 0 Å². The molecule has 0 fully saturated rings. The summed E-state index contributed by atoms with van der Waals surface area (Å²) >= 11 is 0. The zero-order valence-corrected chi connectivity index (χ0v) is 18.8. The maximum absolute atomic E-state index is 14.6. The first-order chi connectivity index (χ1) is 15.6. The summed E-state index contributed by atoms with van der Waals surface area (Å²) in [5.74, 6) is -2.07. The quantitative estimate of drug-likeness (QED) is 0.503. The number of nitrogens with one attached hydrogen (secondary N) is 3. The van der Waals surface area contributed by atoms with Gasteiger partial charge in [0.15, 0.2) is 0 Å². The van der Waals surface area contributed by atoms with Crippen LogP contribution in [0.1, 0.15) is 54.1 Å². The van der Waals surface area contributed by atoms with Crippen LogP contribution >= 0.6 is 0 Å². The van der Waals surface area contributed by atoms with Gasteiger partial charge in [0.1, 0.15) is 11.9 Å². The summed E-state index contributed by atoms with van der Waals surface area (Å²) in [7, 11) is 1.57. The lowest BCUT2D eigenvalue weighted by Crippen LogP contribution is -2.37. The van der Waals surface area contributed by atoms with Gasteiger partial charge in [-0.05, 0) is 34.2 Å². The Hall–Kier alpha value is -3.72. The molecule has 0 bridgehead atoms. The Bertz CT molecular complexity index is 1190. The molecule has 0 radical (unpaired) electrons. The number of ether oxygens (including phenoxy) is 1. The van der Waals surface area contributed by atoms with E-state index in [1.165, 1.54) is 6.07 Å². The molecule has 174 valence electrons. The van der Waals surface area contributed by atoms with Crippen molar-refractivity contribution in [1.82, 2.24) is 10.5 Å². The summed E-state index contributed by atoms with van der Waals surface area (Å²) in [4.78, 5) is 37.0. The van der Waals surface area contributed by atoms with Crippen LogP contribution in [0.2, 0.25) is 0 Å². The molecule has 2 aromatic carbocycles. The number of aromatic nitrogens is 1. The molecule has 0 unspecified atom stereocenters. The standard InChI is InChI=1S/C24H26FN3O5/c1-24(2,3)17-10-9-16(11-18(17)25)26-23(31)21(15-7-5-14(6-8-15)13-32-4)27-22(30)19-12-20(29)28-33-19/h5-12,21H,13H2,1-4H3,(H,26,31)(H,27,30)(H,28,29)/t21-/m1/s1. The minimum absolute atomic E-state index is 0.244. The minimum atomic E-state index is -1.14. The molecule has 0 spiro atoms. The number of carbonyl (C=O) groups is 2. The highest BCUT2D eigenvalue weighted by Gasteiger charge is 2.26. The number of H-pyrrole nitrogens is 1. The van der Waals surface area contributed by atoms with Gasteiger partial charge in [-0.15, -0.1) is 0 Å². The summed E-state index contributed by atoms with van der Waals surface area (Å²) in [6.07, 6.45) is 0. The smallest absolute Gasteiger partial charge is 0.290 e. The van der Waals surface area contributed by atoms with E-state index in [1.54, 1.807) is 43.5 Å². The Morgan fingerprint density at radius 1 is 1.12 bits per heavy atom. The molecule has 9 heteroatoms. The molecule has 33 heavy (non-hydrogen) atoms. The van der Waals surface area contributed by atoms with E-state index in [2.05, 4.69) is 10.6 Å². The van der Waals surface area contributed by atoms with Crippen LogP contribution in [0.15, 0.2) is 57.8 Å². The Balaban J connectivity index is 1.87. The monoisotopic (exact) mass is 455 g/mol. The predicted molar refractivity (Wildman–Crippen MR) is 120 cm³/mol. The molecule has 2 amide bonds. The highest BCUT2D eigenvalue weighted by Crippen LogP contribution is 2.27. The number of amides is 2. The van der Waals surface area contributed by atoms with Gasteiger partial charge in [0.25, 0.3) is 17.4 Å². The lowest BCUT2D eigenvalue weighted by Gasteiger charge is -2.21. The Morgan fingerprint density at radius 2 is 1.82 bits per heavy atom. The second-order valence-corrected chi connectivity index (χ2v) is 8.59.